The molecule has 4 nitrogen and oxygen atoms in total. The molecule has 20 heavy (non-hydrogen) atoms. The molecule has 0 atom stereocenters. The van der Waals surface area contributed by atoms with Crippen molar-refractivity contribution in [3.63, 3.8) is 0 Å². The topological polar surface area (TPSA) is 47.1 Å². The number of hydrogen-bond acceptors (Lipinski definition) is 3. The maximum absolute atomic E-state index is 6.08. The Kier molecular flexibility index (Phi) is 4.06. The number of rotatable bonds is 4. The Morgan fingerprint density at radius 3 is 2.55 bits per heavy atom. The van der Waals surface area contributed by atoms with Crippen molar-refractivity contribution in [2.24, 2.45) is 0 Å². The van der Waals surface area contributed by atoms with Gasteiger partial charge in [-0.3, -0.25) is 0 Å². The van der Waals surface area contributed by atoms with Gasteiger partial charge in [-0.25, -0.2) is 4.98 Å². The van der Waals surface area contributed by atoms with Gasteiger partial charge in [-0.2, -0.15) is 0 Å². The number of imidazole rings is 1. The van der Waals surface area contributed by atoms with Crippen molar-refractivity contribution in [3.05, 3.63) is 22.2 Å². The number of benzene rings is 1. The zero-order valence-corrected chi connectivity index (χ0v) is 12.8. The largest absolute Gasteiger partial charge is 0.369 e. The van der Waals surface area contributed by atoms with Gasteiger partial charge in [0, 0.05) is 6.54 Å². The van der Waals surface area contributed by atoms with E-state index in [9.17, 15) is 0 Å². The molecule has 0 unspecified atom stereocenters. The lowest BCUT2D eigenvalue weighted by Crippen LogP contribution is -2.21. The summed E-state index contributed by atoms with van der Waals surface area (Å²) in [6, 6.07) is 3.62. The maximum atomic E-state index is 6.08. The molecule has 0 saturated carbocycles. The number of hydrogen-bond donors (Lipinski definition) is 1. The standard InChI is InChI=1S/C14H18Cl2N4/c15-10-8-12-13(9-11(10)16)20(14(17)18-12)7-3-6-19-4-1-2-5-19/h8-9H,1-7H2,(H2,17,18). The second-order valence-electron chi connectivity index (χ2n) is 5.28. The Morgan fingerprint density at radius 1 is 1.10 bits per heavy atom. The zero-order chi connectivity index (χ0) is 14.1. The third-order valence-corrected chi connectivity index (χ3v) is 4.60. The van der Waals surface area contributed by atoms with E-state index in [0.29, 0.717) is 16.0 Å². The van der Waals surface area contributed by atoms with Crippen molar-refractivity contribution in [1.82, 2.24) is 14.5 Å². The summed E-state index contributed by atoms with van der Waals surface area (Å²) in [5, 5.41) is 1.06. The van der Waals surface area contributed by atoms with Crippen LogP contribution in [0.3, 0.4) is 0 Å². The minimum atomic E-state index is 0.515. The first kappa shape index (κ1) is 14.0. The number of halogens is 2. The van der Waals surface area contributed by atoms with E-state index < -0.39 is 0 Å². The molecule has 3 rings (SSSR count). The van der Waals surface area contributed by atoms with Crippen molar-refractivity contribution in [1.29, 1.82) is 0 Å². The molecule has 0 spiro atoms. The van der Waals surface area contributed by atoms with Crippen LogP contribution >= 0.6 is 23.2 Å². The zero-order valence-electron chi connectivity index (χ0n) is 11.3. The number of aryl methyl sites for hydroxylation is 1. The Hall–Kier alpha value is -0.970. The molecule has 0 amide bonds. The highest BCUT2D eigenvalue weighted by Crippen LogP contribution is 2.29. The summed E-state index contributed by atoms with van der Waals surface area (Å²) < 4.78 is 2.02. The fourth-order valence-electron chi connectivity index (χ4n) is 2.83. The average Bonchev–Trinajstić information content (AvgIpc) is 3.01. The van der Waals surface area contributed by atoms with Crippen molar-refractivity contribution in [2.75, 3.05) is 25.4 Å². The van der Waals surface area contributed by atoms with E-state index in [0.717, 1.165) is 30.5 Å². The minimum absolute atomic E-state index is 0.515. The van der Waals surface area contributed by atoms with Gasteiger partial charge in [0.25, 0.3) is 0 Å². The number of aromatic nitrogens is 2. The van der Waals surface area contributed by atoms with E-state index in [-0.39, 0.29) is 0 Å². The quantitative estimate of drug-likeness (QED) is 0.941. The molecule has 0 bridgehead atoms. The molecule has 1 aliphatic rings. The second-order valence-corrected chi connectivity index (χ2v) is 6.09. The molecule has 1 saturated heterocycles. The fourth-order valence-corrected chi connectivity index (χ4v) is 3.15. The second kappa shape index (κ2) is 5.80. The maximum Gasteiger partial charge on any atom is 0.201 e. The molecule has 2 aromatic rings. The molecule has 0 radical (unpaired) electrons. The van der Waals surface area contributed by atoms with Gasteiger partial charge in [-0.15, -0.1) is 0 Å². The van der Waals surface area contributed by atoms with Crippen molar-refractivity contribution in [2.45, 2.75) is 25.8 Å². The van der Waals surface area contributed by atoms with E-state index >= 15 is 0 Å². The van der Waals surface area contributed by atoms with Crippen LogP contribution in [-0.2, 0) is 6.54 Å². The summed E-state index contributed by atoms with van der Waals surface area (Å²) in [6.45, 7) is 4.42. The monoisotopic (exact) mass is 312 g/mol. The van der Waals surface area contributed by atoms with Crippen LogP contribution in [-0.4, -0.2) is 34.1 Å². The molecule has 1 aliphatic heterocycles. The first-order valence-electron chi connectivity index (χ1n) is 6.98. The number of likely N-dealkylation sites (tertiary alicyclic amines) is 1. The van der Waals surface area contributed by atoms with Crippen LogP contribution in [0.2, 0.25) is 10.0 Å². The van der Waals surface area contributed by atoms with Gasteiger partial charge in [-0.05, 0) is 51.0 Å². The van der Waals surface area contributed by atoms with Gasteiger partial charge in [0.05, 0.1) is 21.1 Å². The number of nitrogen functional groups attached to an aromatic ring is 1. The van der Waals surface area contributed by atoms with E-state index in [1.165, 1.54) is 25.9 Å². The number of fused-ring (bicyclic) bond motifs is 1. The van der Waals surface area contributed by atoms with Gasteiger partial charge >= 0.3 is 0 Å². The molecule has 6 heteroatoms. The van der Waals surface area contributed by atoms with Crippen LogP contribution in [0, 0.1) is 0 Å². The molecule has 2 heterocycles. The number of nitrogens with two attached hydrogens (primary N) is 1. The van der Waals surface area contributed by atoms with Gasteiger partial charge in [0.15, 0.2) is 0 Å². The van der Waals surface area contributed by atoms with Crippen LogP contribution in [0.4, 0.5) is 5.95 Å². The first-order chi connectivity index (χ1) is 9.65. The highest BCUT2D eigenvalue weighted by Gasteiger charge is 2.13. The summed E-state index contributed by atoms with van der Waals surface area (Å²) in [4.78, 5) is 6.85. The normalized spacial score (nSPS) is 16.3. The van der Waals surface area contributed by atoms with Gasteiger partial charge in [-0.1, -0.05) is 23.2 Å². The van der Waals surface area contributed by atoms with E-state index in [1.807, 2.05) is 10.6 Å². The fraction of sp³-hybridized carbons (Fsp3) is 0.500. The van der Waals surface area contributed by atoms with E-state index in [2.05, 4.69) is 9.88 Å². The van der Waals surface area contributed by atoms with E-state index in [4.69, 9.17) is 28.9 Å². The summed E-state index contributed by atoms with van der Waals surface area (Å²) in [5.41, 5.74) is 7.76. The molecule has 1 aromatic carbocycles. The molecule has 1 aromatic heterocycles. The predicted octanol–water partition coefficient (Wildman–Crippen LogP) is 3.41. The summed E-state index contributed by atoms with van der Waals surface area (Å²) in [6.07, 6.45) is 3.71. The molecule has 108 valence electrons. The first-order valence-corrected chi connectivity index (χ1v) is 7.74. The highest BCUT2D eigenvalue weighted by atomic mass is 35.5. The lowest BCUT2D eigenvalue weighted by Gasteiger charge is -2.15. The predicted molar refractivity (Wildman–Crippen MR) is 84.5 cm³/mol. The third-order valence-electron chi connectivity index (χ3n) is 3.87. The SMILES string of the molecule is Nc1nc2cc(Cl)c(Cl)cc2n1CCCN1CCCC1. The third kappa shape index (κ3) is 2.73. The van der Waals surface area contributed by atoms with Crippen LogP contribution in [0.1, 0.15) is 19.3 Å². The summed E-state index contributed by atoms with van der Waals surface area (Å²) >= 11 is 12.1. The number of anilines is 1. The van der Waals surface area contributed by atoms with Crippen LogP contribution in [0.25, 0.3) is 11.0 Å². The lowest BCUT2D eigenvalue weighted by molar-refractivity contribution is 0.326. The van der Waals surface area contributed by atoms with Gasteiger partial charge < -0.3 is 15.2 Å². The summed E-state index contributed by atoms with van der Waals surface area (Å²) in [5.74, 6) is 0.528. The van der Waals surface area contributed by atoms with Crippen LogP contribution < -0.4 is 5.73 Å². The molecule has 2 N–H and O–H groups in total. The Morgan fingerprint density at radius 2 is 1.80 bits per heavy atom. The molecular formula is C14H18Cl2N4. The van der Waals surface area contributed by atoms with Crippen LogP contribution in [0.5, 0.6) is 0 Å². The van der Waals surface area contributed by atoms with Gasteiger partial charge in [0.2, 0.25) is 5.95 Å². The Labute approximate surface area is 128 Å². The highest BCUT2D eigenvalue weighted by molar-refractivity contribution is 6.42. The minimum Gasteiger partial charge on any atom is -0.369 e. The molecular weight excluding hydrogens is 295 g/mol. The van der Waals surface area contributed by atoms with Crippen molar-refractivity contribution in [3.8, 4) is 0 Å². The Bertz CT molecular complexity index is 617. The lowest BCUT2D eigenvalue weighted by atomic mass is 10.3. The molecule has 1 fully saturated rings. The van der Waals surface area contributed by atoms with Crippen LogP contribution in [0.15, 0.2) is 12.1 Å². The van der Waals surface area contributed by atoms with E-state index in [1.54, 1.807) is 6.07 Å². The number of nitrogens with zero attached hydrogens (tertiary/aromatic N) is 3. The smallest absolute Gasteiger partial charge is 0.201 e. The summed E-state index contributed by atoms with van der Waals surface area (Å²) in [7, 11) is 0. The van der Waals surface area contributed by atoms with Gasteiger partial charge in [0.1, 0.15) is 0 Å². The average molecular weight is 313 g/mol. The van der Waals surface area contributed by atoms with Crippen molar-refractivity contribution >= 4 is 40.2 Å². The molecule has 0 aliphatic carbocycles. The van der Waals surface area contributed by atoms with Crippen molar-refractivity contribution < 1.29 is 0 Å². The Balaban J connectivity index is 1.76.